The molecule has 0 unspecified atom stereocenters. The van der Waals surface area contributed by atoms with Crippen molar-refractivity contribution in [2.75, 3.05) is 27.2 Å². The van der Waals surface area contributed by atoms with Gasteiger partial charge in [0.2, 0.25) is 5.91 Å². The lowest BCUT2D eigenvalue weighted by atomic mass is 9.87. The third-order valence-corrected chi connectivity index (χ3v) is 6.31. The standard InChI is InChI=1S/C24H31ClFN3O/c1-28(2)23-13-14-29(16-19-5-3-4-6-22(19)25)17-20(23)9-12-24(30)27-15-18-7-10-21(26)11-8-18/h3-8,10-11,20,23H,9,12-17H2,1-2H3,(H,27,30)/t20-,23+/m0/s1. The van der Waals surface area contributed by atoms with E-state index in [4.69, 9.17) is 11.6 Å². The molecule has 2 aromatic rings. The Labute approximate surface area is 184 Å². The highest BCUT2D eigenvalue weighted by molar-refractivity contribution is 6.31. The first-order chi connectivity index (χ1) is 14.4. The first kappa shape index (κ1) is 22.7. The number of amides is 1. The Morgan fingerprint density at radius 1 is 1.20 bits per heavy atom. The molecule has 1 saturated heterocycles. The summed E-state index contributed by atoms with van der Waals surface area (Å²) in [7, 11) is 4.24. The number of carbonyl (C=O) groups is 1. The van der Waals surface area contributed by atoms with Crippen LogP contribution in [0.5, 0.6) is 0 Å². The van der Waals surface area contributed by atoms with E-state index in [1.165, 1.54) is 12.1 Å². The largest absolute Gasteiger partial charge is 0.352 e. The predicted octanol–water partition coefficient (Wildman–Crippen LogP) is 4.33. The van der Waals surface area contributed by atoms with Gasteiger partial charge in [-0.15, -0.1) is 0 Å². The molecular weight excluding hydrogens is 401 g/mol. The highest BCUT2D eigenvalue weighted by atomic mass is 35.5. The lowest BCUT2D eigenvalue weighted by Gasteiger charge is -2.41. The third kappa shape index (κ3) is 6.53. The van der Waals surface area contributed by atoms with Gasteiger partial charge in [0.1, 0.15) is 5.82 Å². The maximum atomic E-state index is 13.0. The van der Waals surface area contributed by atoms with Crippen molar-refractivity contribution < 1.29 is 9.18 Å². The van der Waals surface area contributed by atoms with Gasteiger partial charge in [0.15, 0.2) is 0 Å². The number of hydrogen-bond donors (Lipinski definition) is 1. The zero-order valence-electron chi connectivity index (χ0n) is 17.8. The van der Waals surface area contributed by atoms with Crippen LogP contribution in [0, 0.1) is 11.7 Å². The van der Waals surface area contributed by atoms with Crippen LogP contribution in [0.25, 0.3) is 0 Å². The summed E-state index contributed by atoms with van der Waals surface area (Å²) in [6, 6.07) is 14.7. The van der Waals surface area contributed by atoms with E-state index in [9.17, 15) is 9.18 Å². The molecular formula is C24H31ClFN3O. The summed E-state index contributed by atoms with van der Waals surface area (Å²) in [6.07, 6.45) is 2.42. The van der Waals surface area contributed by atoms with Crippen molar-refractivity contribution in [2.24, 2.45) is 5.92 Å². The number of piperidine rings is 1. The fourth-order valence-electron chi connectivity index (χ4n) is 4.28. The number of nitrogens with one attached hydrogen (secondary N) is 1. The summed E-state index contributed by atoms with van der Waals surface area (Å²) in [5.41, 5.74) is 2.05. The molecule has 6 heteroatoms. The van der Waals surface area contributed by atoms with Crippen LogP contribution in [0.2, 0.25) is 5.02 Å². The van der Waals surface area contributed by atoms with Gasteiger partial charge in [0, 0.05) is 37.1 Å². The van der Waals surface area contributed by atoms with Crippen molar-refractivity contribution in [3.05, 3.63) is 70.5 Å². The van der Waals surface area contributed by atoms with Gasteiger partial charge in [-0.1, -0.05) is 41.9 Å². The molecule has 1 aliphatic rings. The molecule has 1 aliphatic heterocycles. The minimum absolute atomic E-state index is 0.0417. The van der Waals surface area contributed by atoms with Gasteiger partial charge in [-0.3, -0.25) is 9.69 Å². The fraction of sp³-hybridized carbons (Fsp3) is 0.458. The van der Waals surface area contributed by atoms with Crippen molar-refractivity contribution in [2.45, 2.75) is 38.4 Å². The lowest BCUT2D eigenvalue weighted by Crippen LogP contribution is -2.48. The third-order valence-electron chi connectivity index (χ3n) is 5.94. The Kier molecular flexibility index (Phi) is 8.25. The quantitative estimate of drug-likeness (QED) is 0.675. The molecule has 162 valence electrons. The number of likely N-dealkylation sites (tertiary alicyclic amines) is 1. The van der Waals surface area contributed by atoms with E-state index in [1.807, 2.05) is 18.2 Å². The molecule has 1 heterocycles. The zero-order chi connectivity index (χ0) is 21.5. The molecule has 1 amide bonds. The molecule has 0 bridgehead atoms. The van der Waals surface area contributed by atoms with Crippen LogP contribution in [-0.2, 0) is 17.9 Å². The number of rotatable bonds is 8. The average Bonchev–Trinajstić information content (AvgIpc) is 2.73. The van der Waals surface area contributed by atoms with Crippen LogP contribution in [0.4, 0.5) is 4.39 Å². The van der Waals surface area contributed by atoms with E-state index in [1.54, 1.807) is 12.1 Å². The van der Waals surface area contributed by atoms with E-state index < -0.39 is 0 Å². The van der Waals surface area contributed by atoms with Crippen molar-refractivity contribution in [3.8, 4) is 0 Å². The van der Waals surface area contributed by atoms with E-state index in [0.717, 1.165) is 48.6 Å². The molecule has 2 atom stereocenters. The number of hydrogen-bond acceptors (Lipinski definition) is 3. The van der Waals surface area contributed by atoms with Crippen LogP contribution >= 0.6 is 11.6 Å². The topological polar surface area (TPSA) is 35.6 Å². The van der Waals surface area contributed by atoms with Crippen LogP contribution < -0.4 is 5.32 Å². The molecule has 0 radical (unpaired) electrons. The minimum Gasteiger partial charge on any atom is -0.352 e. The van der Waals surface area contributed by atoms with E-state index >= 15 is 0 Å². The normalized spacial score (nSPS) is 19.8. The average molecular weight is 432 g/mol. The summed E-state index contributed by atoms with van der Waals surface area (Å²) in [4.78, 5) is 17.1. The van der Waals surface area contributed by atoms with Gasteiger partial charge in [-0.25, -0.2) is 4.39 Å². The van der Waals surface area contributed by atoms with Gasteiger partial charge in [-0.2, -0.15) is 0 Å². The smallest absolute Gasteiger partial charge is 0.220 e. The lowest BCUT2D eigenvalue weighted by molar-refractivity contribution is -0.121. The van der Waals surface area contributed by atoms with Crippen molar-refractivity contribution in [3.63, 3.8) is 0 Å². The number of carbonyl (C=O) groups excluding carboxylic acids is 1. The summed E-state index contributed by atoms with van der Waals surface area (Å²) in [5.74, 6) is 0.200. The number of benzene rings is 2. The van der Waals surface area contributed by atoms with Crippen LogP contribution in [0.1, 0.15) is 30.4 Å². The Morgan fingerprint density at radius 2 is 1.93 bits per heavy atom. The maximum Gasteiger partial charge on any atom is 0.220 e. The molecule has 1 N–H and O–H groups in total. The fourth-order valence-corrected chi connectivity index (χ4v) is 4.47. The van der Waals surface area contributed by atoms with Crippen LogP contribution in [0.3, 0.4) is 0 Å². The molecule has 4 nitrogen and oxygen atoms in total. The highest BCUT2D eigenvalue weighted by Gasteiger charge is 2.31. The van der Waals surface area contributed by atoms with Crippen molar-refractivity contribution in [1.29, 1.82) is 0 Å². The first-order valence-electron chi connectivity index (χ1n) is 10.6. The Balaban J connectivity index is 1.52. The zero-order valence-corrected chi connectivity index (χ0v) is 18.5. The summed E-state index contributed by atoms with van der Waals surface area (Å²) in [6.45, 7) is 3.26. The maximum absolute atomic E-state index is 13.0. The van der Waals surface area contributed by atoms with Crippen LogP contribution in [-0.4, -0.2) is 48.9 Å². The second kappa shape index (κ2) is 10.9. The Bertz CT molecular complexity index is 827. The van der Waals surface area contributed by atoms with Gasteiger partial charge in [0.25, 0.3) is 0 Å². The highest BCUT2D eigenvalue weighted by Crippen LogP contribution is 2.27. The molecule has 2 aromatic carbocycles. The molecule has 3 rings (SSSR count). The molecule has 30 heavy (non-hydrogen) atoms. The molecule has 0 spiro atoms. The van der Waals surface area contributed by atoms with Gasteiger partial charge in [-0.05, 0) is 68.7 Å². The first-order valence-corrected chi connectivity index (χ1v) is 10.9. The number of halogens is 2. The monoisotopic (exact) mass is 431 g/mol. The van der Waals surface area contributed by atoms with Gasteiger partial charge < -0.3 is 10.2 Å². The number of nitrogens with zero attached hydrogens (tertiary/aromatic N) is 2. The molecule has 0 aliphatic carbocycles. The van der Waals surface area contributed by atoms with E-state index in [2.05, 4.69) is 35.3 Å². The van der Waals surface area contributed by atoms with Gasteiger partial charge in [0.05, 0.1) is 0 Å². The second-order valence-corrected chi connectivity index (χ2v) is 8.76. The van der Waals surface area contributed by atoms with Crippen molar-refractivity contribution >= 4 is 17.5 Å². The Morgan fingerprint density at radius 3 is 2.63 bits per heavy atom. The Hall–Kier alpha value is -1.95. The summed E-state index contributed by atoms with van der Waals surface area (Å²) >= 11 is 6.35. The molecule has 0 aromatic heterocycles. The van der Waals surface area contributed by atoms with E-state index in [0.29, 0.717) is 24.9 Å². The summed E-state index contributed by atoms with van der Waals surface area (Å²) < 4.78 is 13.0. The molecule has 0 saturated carbocycles. The SMILES string of the molecule is CN(C)[C@@H]1CCN(Cc2ccccc2Cl)C[C@@H]1CCC(=O)NCc1ccc(F)cc1. The minimum atomic E-state index is -0.265. The summed E-state index contributed by atoms with van der Waals surface area (Å²) in [5, 5.41) is 3.76. The van der Waals surface area contributed by atoms with Crippen molar-refractivity contribution in [1.82, 2.24) is 15.1 Å². The predicted molar refractivity (Wildman–Crippen MR) is 120 cm³/mol. The van der Waals surface area contributed by atoms with Gasteiger partial charge >= 0.3 is 0 Å². The molecule has 1 fully saturated rings. The van der Waals surface area contributed by atoms with E-state index in [-0.39, 0.29) is 11.7 Å². The second-order valence-electron chi connectivity index (χ2n) is 8.35. The van der Waals surface area contributed by atoms with Crippen LogP contribution in [0.15, 0.2) is 48.5 Å².